The molecule has 2 heterocycles. The molecule has 0 amide bonds. The van der Waals surface area contributed by atoms with Gasteiger partial charge in [0.15, 0.2) is 0 Å². The van der Waals surface area contributed by atoms with Gasteiger partial charge in [-0.25, -0.2) is 4.39 Å². The molecule has 13 heavy (non-hydrogen) atoms. The van der Waals surface area contributed by atoms with Crippen molar-refractivity contribution in [3.8, 4) is 0 Å². The third kappa shape index (κ3) is 2.02. The normalized spacial score (nSPS) is 35.8. The minimum atomic E-state index is -0.211. The molecule has 1 unspecified atom stereocenters. The topological polar surface area (TPSA) is 12.5 Å². The van der Waals surface area contributed by atoms with Crippen molar-refractivity contribution >= 4 is 0 Å². The number of alkyl halides is 1. The molecule has 0 aromatic carbocycles. The van der Waals surface area contributed by atoms with E-state index in [4.69, 9.17) is 4.74 Å². The molecular formula is C10H18FNO. The average Bonchev–Trinajstić information content (AvgIpc) is 2.51. The Morgan fingerprint density at radius 1 is 1.38 bits per heavy atom. The number of rotatable bonds is 2. The number of hydrogen-bond donors (Lipinski definition) is 0. The number of halogens is 1. The number of likely N-dealkylation sites (tertiary alicyclic amines) is 1. The van der Waals surface area contributed by atoms with Crippen LogP contribution >= 0.6 is 0 Å². The van der Waals surface area contributed by atoms with Gasteiger partial charge in [-0.15, -0.1) is 0 Å². The molecule has 0 aromatic rings. The molecule has 0 bridgehead atoms. The molecule has 2 nitrogen and oxygen atoms in total. The van der Waals surface area contributed by atoms with Gasteiger partial charge in [0.1, 0.15) is 6.67 Å². The minimum absolute atomic E-state index is 0.211. The van der Waals surface area contributed by atoms with E-state index in [9.17, 15) is 4.39 Å². The van der Waals surface area contributed by atoms with Crippen LogP contribution in [0.25, 0.3) is 0 Å². The van der Waals surface area contributed by atoms with Crippen LogP contribution in [0.5, 0.6) is 0 Å². The van der Waals surface area contributed by atoms with Gasteiger partial charge in [0.25, 0.3) is 0 Å². The highest BCUT2D eigenvalue weighted by Gasteiger charge is 2.39. The standard InChI is InChI=1S/C10H18FNO/c11-4-6-12-5-3-10(8-12)2-1-7-13-9-10/h1-9H2. The Labute approximate surface area is 79.1 Å². The lowest BCUT2D eigenvalue weighted by molar-refractivity contribution is -0.00230. The summed E-state index contributed by atoms with van der Waals surface area (Å²) in [6, 6.07) is 0. The van der Waals surface area contributed by atoms with E-state index in [-0.39, 0.29) is 6.67 Å². The van der Waals surface area contributed by atoms with E-state index in [1.165, 1.54) is 19.3 Å². The van der Waals surface area contributed by atoms with Crippen LogP contribution in [-0.2, 0) is 4.74 Å². The van der Waals surface area contributed by atoms with E-state index in [0.29, 0.717) is 12.0 Å². The summed E-state index contributed by atoms with van der Waals surface area (Å²) >= 11 is 0. The Morgan fingerprint density at radius 3 is 3.00 bits per heavy atom. The molecule has 2 aliphatic heterocycles. The lowest BCUT2D eigenvalue weighted by Gasteiger charge is -2.33. The minimum Gasteiger partial charge on any atom is -0.381 e. The van der Waals surface area contributed by atoms with Crippen molar-refractivity contribution in [1.29, 1.82) is 0 Å². The fourth-order valence-corrected chi connectivity index (χ4v) is 2.57. The summed E-state index contributed by atoms with van der Waals surface area (Å²) in [5.74, 6) is 0. The smallest absolute Gasteiger partial charge is 0.102 e. The summed E-state index contributed by atoms with van der Waals surface area (Å²) in [5.41, 5.74) is 0.382. The third-order valence-corrected chi connectivity index (χ3v) is 3.32. The van der Waals surface area contributed by atoms with Crippen LogP contribution in [0, 0.1) is 5.41 Å². The first kappa shape index (κ1) is 9.41. The first-order valence-electron chi connectivity index (χ1n) is 5.21. The molecule has 1 spiro atoms. The second-order valence-corrected chi connectivity index (χ2v) is 4.37. The van der Waals surface area contributed by atoms with Gasteiger partial charge in [-0.05, 0) is 25.8 Å². The van der Waals surface area contributed by atoms with Crippen molar-refractivity contribution in [3.05, 3.63) is 0 Å². The second-order valence-electron chi connectivity index (χ2n) is 4.37. The first-order chi connectivity index (χ1) is 6.35. The maximum Gasteiger partial charge on any atom is 0.102 e. The monoisotopic (exact) mass is 187 g/mol. The van der Waals surface area contributed by atoms with Crippen molar-refractivity contribution in [2.24, 2.45) is 5.41 Å². The van der Waals surface area contributed by atoms with Gasteiger partial charge in [-0.1, -0.05) is 0 Å². The Bertz CT molecular complexity index is 168. The fraction of sp³-hybridized carbons (Fsp3) is 1.00. The molecule has 2 rings (SSSR count). The number of ether oxygens (including phenoxy) is 1. The molecule has 0 saturated carbocycles. The summed E-state index contributed by atoms with van der Waals surface area (Å²) in [6.45, 7) is 4.34. The summed E-state index contributed by atoms with van der Waals surface area (Å²) in [6.07, 6.45) is 3.66. The van der Waals surface area contributed by atoms with Crippen molar-refractivity contribution in [1.82, 2.24) is 4.90 Å². The van der Waals surface area contributed by atoms with Crippen LogP contribution in [0.4, 0.5) is 4.39 Å². The summed E-state index contributed by atoms with van der Waals surface area (Å²) in [7, 11) is 0. The van der Waals surface area contributed by atoms with Gasteiger partial charge >= 0.3 is 0 Å². The molecule has 0 aromatic heterocycles. The zero-order chi connectivity index (χ0) is 9.15. The Kier molecular flexibility index (Phi) is 2.84. The van der Waals surface area contributed by atoms with Crippen LogP contribution in [0.1, 0.15) is 19.3 Å². The van der Waals surface area contributed by atoms with E-state index in [1.807, 2.05) is 0 Å². The van der Waals surface area contributed by atoms with Gasteiger partial charge in [0.05, 0.1) is 6.61 Å². The van der Waals surface area contributed by atoms with Gasteiger partial charge in [0, 0.05) is 25.1 Å². The van der Waals surface area contributed by atoms with Crippen LogP contribution in [-0.4, -0.2) is 44.4 Å². The van der Waals surface area contributed by atoms with Crippen molar-refractivity contribution < 1.29 is 9.13 Å². The largest absolute Gasteiger partial charge is 0.381 e. The van der Waals surface area contributed by atoms with E-state index < -0.39 is 0 Å². The Balaban J connectivity index is 1.87. The lowest BCUT2D eigenvalue weighted by atomic mass is 9.82. The average molecular weight is 187 g/mol. The highest BCUT2D eigenvalue weighted by atomic mass is 19.1. The molecular weight excluding hydrogens is 169 g/mol. The molecule has 2 fully saturated rings. The van der Waals surface area contributed by atoms with E-state index in [1.54, 1.807) is 0 Å². The third-order valence-electron chi connectivity index (χ3n) is 3.32. The van der Waals surface area contributed by atoms with Crippen LogP contribution in [0.15, 0.2) is 0 Å². The molecule has 0 N–H and O–H groups in total. The van der Waals surface area contributed by atoms with E-state index >= 15 is 0 Å². The van der Waals surface area contributed by atoms with Crippen LogP contribution < -0.4 is 0 Å². The molecule has 76 valence electrons. The fourth-order valence-electron chi connectivity index (χ4n) is 2.57. The molecule has 2 aliphatic rings. The summed E-state index contributed by atoms with van der Waals surface area (Å²) in [5, 5.41) is 0. The Morgan fingerprint density at radius 2 is 2.31 bits per heavy atom. The number of nitrogens with zero attached hydrogens (tertiary/aromatic N) is 1. The zero-order valence-electron chi connectivity index (χ0n) is 8.10. The molecule has 3 heteroatoms. The van der Waals surface area contributed by atoms with E-state index in [2.05, 4.69) is 4.90 Å². The van der Waals surface area contributed by atoms with Gasteiger partial charge in [-0.3, -0.25) is 0 Å². The predicted octanol–water partition coefficient (Wildman–Crippen LogP) is 1.46. The van der Waals surface area contributed by atoms with Crippen molar-refractivity contribution in [3.63, 3.8) is 0 Å². The molecule has 0 radical (unpaired) electrons. The second kappa shape index (κ2) is 3.93. The Hall–Kier alpha value is -0.150. The number of hydrogen-bond acceptors (Lipinski definition) is 2. The highest BCUT2D eigenvalue weighted by molar-refractivity contribution is 4.91. The van der Waals surface area contributed by atoms with Crippen molar-refractivity contribution in [2.45, 2.75) is 19.3 Å². The SMILES string of the molecule is FCCN1CCC2(CCCOC2)C1. The first-order valence-corrected chi connectivity index (χ1v) is 5.21. The molecule has 1 atom stereocenters. The zero-order valence-corrected chi connectivity index (χ0v) is 8.10. The maximum atomic E-state index is 12.1. The van der Waals surface area contributed by atoms with Crippen LogP contribution in [0.2, 0.25) is 0 Å². The molecule has 2 saturated heterocycles. The van der Waals surface area contributed by atoms with Gasteiger partial charge in [0.2, 0.25) is 0 Å². The quantitative estimate of drug-likeness (QED) is 0.649. The summed E-state index contributed by atoms with van der Waals surface area (Å²) < 4.78 is 17.6. The van der Waals surface area contributed by atoms with Gasteiger partial charge < -0.3 is 9.64 Å². The molecule has 0 aliphatic carbocycles. The predicted molar refractivity (Wildman–Crippen MR) is 49.5 cm³/mol. The van der Waals surface area contributed by atoms with Crippen molar-refractivity contribution in [2.75, 3.05) is 39.5 Å². The lowest BCUT2D eigenvalue weighted by Crippen LogP contribution is -2.35. The van der Waals surface area contributed by atoms with Crippen LogP contribution in [0.3, 0.4) is 0 Å². The summed E-state index contributed by atoms with van der Waals surface area (Å²) in [4.78, 5) is 2.23. The maximum absolute atomic E-state index is 12.1. The van der Waals surface area contributed by atoms with E-state index in [0.717, 1.165) is 26.3 Å². The highest BCUT2D eigenvalue weighted by Crippen LogP contribution is 2.37. The van der Waals surface area contributed by atoms with Gasteiger partial charge in [-0.2, -0.15) is 0 Å².